The summed E-state index contributed by atoms with van der Waals surface area (Å²) < 4.78 is 94.6. The summed E-state index contributed by atoms with van der Waals surface area (Å²) in [5.74, 6) is -2.03. The molecule has 17 heteroatoms. The van der Waals surface area contributed by atoms with E-state index in [9.17, 15) is 26.7 Å². The number of pyridine rings is 1. The molecule has 0 aliphatic carbocycles. The molecular formula is C30H30F6N8O2S. The van der Waals surface area contributed by atoms with Gasteiger partial charge in [-0.2, -0.15) is 23.1 Å². The topological polar surface area (TPSA) is 114 Å². The summed E-state index contributed by atoms with van der Waals surface area (Å²) in [5, 5.41) is 2.94. The van der Waals surface area contributed by atoms with Gasteiger partial charge in [-0.15, -0.1) is 0 Å². The second kappa shape index (κ2) is 10.9. The minimum absolute atomic E-state index is 0.0154. The number of alkyl halides is 4. The monoisotopic (exact) mass is 680 g/mol. The van der Waals surface area contributed by atoms with Crippen LogP contribution in [0.1, 0.15) is 32.1 Å². The van der Waals surface area contributed by atoms with E-state index in [0.717, 1.165) is 42.7 Å². The first-order chi connectivity index (χ1) is 22.4. The average molecular weight is 681 g/mol. The molecule has 10 nitrogen and oxygen atoms in total. The number of aromatic nitrogens is 4. The van der Waals surface area contributed by atoms with E-state index < -0.39 is 58.2 Å². The summed E-state index contributed by atoms with van der Waals surface area (Å²) in [5.41, 5.74) is 2.32. The summed E-state index contributed by atoms with van der Waals surface area (Å²) in [6.45, 7) is -0.0761. The smallest absolute Gasteiger partial charge is 0.406 e. The van der Waals surface area contributed by atoms with Crippen molar-refractivity contribution in [1.82, 2.24) is 29.7 Å². The molecular weight excluding hydrogens is 650 g/mol. The highest BCUT2D eigenvalue weighted by atomic mass is 32.1. The minimum atomic E-state index is -4.93. The SMILES string of the molecule is Nc1nc2c(-c3c(F)c4nc(OC[C@@]56CCCN5C[C@H](F)C6)nc(N5CC6CCC(C5)N6)c4c(=O)n3CC(F)(F)F)ccc(F)c2s1. The van der Waals surface area contributed by atoms with Crippen molar-refractivity contribution in [3.8, 4) is 17.3 Å². The van der Waals surface area contributed by atoms with E-state index >= 15 is 4.39 Å². The highest BCUT2D eigenvalue weighted by Gasteiger charge is 2.49. The highest BCUT2D eigenvalue weighted by molar-refractivity contribution is 7.22. The lowest BCUT2D eigenvalue weighted by atomic mass is 9.95. The first kappa shape index (κ1) is 30.6. The van der Waals surface area contributed by atoms with Crippen molar-refractivity contribution < 1.29 is 31.1 Å². The number of nitrogens with two attached hydrogens (primary N) is 1. The molecule has 0 spiro atoms. The van der Waals surface area contributed by atoms with E-state index in [0.29, 0.717) is 30.6 Å². The zero-order chi connectivity index (χ0) is 32.8. The van der Waals surface area contributed by atoms with Crippen LogP contribution in [0.5, 0.6) is 6.01 Å². The van der Waals surface area contributed by atoms with Crippen molar-refractivity contribution in [2.45, 2.75) is 68.6 Å². The zero-order valence-corrected chi connectivity index (χ0v) is 25.7. The predicted octanol–water partition coefficient (Wildman–Crippen LogP) is 4.39. The van der Waals surface area contributed by atoms with Gasteiger partial charge in [0.1, 0.15) is 41.9 Å². The third-order valence-electron chi connectivity index (χ3n) is 9.87. The van der Waals surface area contributed by atoms with Gasteiger partial charge in [0.05, 0.1) is 21.4 Å². The molecule has 7 heterocycles. The van der Waals surface area contributed by atoms with Gasteiger partial charge in [0.2, 0.25) is 0 Å². The molecule has 4 atom stereocenters. The van der Waals surface area contributed by atoms with Crippen molar-refractivity contribution >= 4 is 43.4 Å². The van der Waals surface area contributed by atoms with E-state index in [1.54, 1.807) is 4.90 Å². The Bertz CT molecular complexity index is 1960. The van der Waals surface area contributed by atoms with Gasteiger partial charge in [0.15, 0.2) is 10.9 Å². The molecule has 4 aliphatic rings. The van der Waals surface area contributed by atoms with Gasteiger partial charge in [-0.1, -0.05) is 11.3 Å². The zero-order valence-electron chi connectivity index (χ0n) is 24.9. The number of halogens is 6. The van der Waals surface area contributed by atoms with Gasteiger partial charge in [-0.25, -0.2) is 18.2 Å². The van der Waals surface area contributed by atoms with Crippen LogP contribution in [0.15, 0.2) is 16.9 Å². The van der Waals surface area contributed by atoms with Crippen LogP contribution in [-0.2, 0) is 6.54 Å². The second-order valence-electron chi connectivity index (χ2n) is 13.0. The number of rotatable bonds is 6. The quantitative estimate of drug-likeness (QED) is 0.287. The van der Waals surface area contributed by atoms with Crippen LogP contribution in [0.25, 0.3) is 32.4 Å². The van der Waals surface area contributed by atoms with Crippen LogP contribution in [0.3, 0.4) is 0 Å². The van der Waals surface area contributed by atoms with Crippen LogP contribution in [-0.4, -0.2) is 87.2 Å². The lowest BCUT2D eigenvalue weighted by Crippen LogP contribution is -2.51. The van der Waals surface area contributed by atoms with Gasteiger partial charge in [0.25, 0.3) is 5.56 Å². The van der Waals surface area contributed by atoms with Gasteiger partial charge in [-0.05, 0) is 44.4 Å². The van der Waals surface area contributed by atoms with Gasteiger partial charge in [0, 0.05) is 43.7 Å². The Morgan fingerprint density at radius 1 is 1.09 bits per heavy atom. The Kier molecular flexibility index (Phi) is 7.11. The van der Waals surface area contributed by atoms with Crippen molar-refractivity contribution in [1.29, 1.82) is 0 Å². The lowest BCUT2D eigenvalue weighted by molar-refractivity contribution is -0.140. The Balaban J connectivity index is 1.35. The summed E-state index contributed by atoms with van der Waals surface area (Å²) in [6.07, 6.45) is -2.45. The number of nitrogens with one attached hydrogen (secondary N) is 1. The number of nitrogen functional groups attached to an aromatic ring is 1. The third kappa shape index (κ3) is 5.17. The van der Waals surface area contributed by atoms with Crippen LogP contribution in [0.2, 0.25) is 0 Å². The maximum absolute atomic E-state index is 17.0. The van der Waals surface area contributed by atoms with Crippen LogP contribution in [0, 0.1) is 11.6 Å². The number of hydrogen-bond acceptors (Lipinski definition) is 10. The molecule has 47 heavy (non-hydrogen) atoms. The van der Waals surface area contributed by atoms with E-state index in [-0.39, 0.29) is 64.4 Å². The molecule has 3 N–H and O–H groups in total. The molecule has 250 valence electrons. The fourth-order valence-electron chi connectivity index (χ4n) is 7.94. The Morgan fingerprint density at radius 3 is 2.60 bits per heavy atom. The summed E-state index contributed by atoms with van der Waals surface area (Å²) >= 11 is 0.747. The van der Waals surface area contributed by atoms with Gasteiger partial charge >= 0.3 is 12.2 Å². The molecule has 3 aromatic heterocycles. The number of anilines is 2. The number of hydrogen-bond donors (Lipinski definition) is 2. The standard InChI is InChI=1S/C30H30F6N8O2S/c31-14-8-29(6-1-7-43(29)9-14)13-46-28-40-22-19(25(41-28)42-10-15-2-3-16(11-42)38-15)26(45)44(12-30(34,35)36)23(20(22)33)17-4-5-18(32)24-21(17)39-27(37)47-24/h4-5,14-16,38H,1-3,6-13H2,(H2,37,39)/t14-,15?,16?,29+/m1/s1. The molecule has 1 aromatic carbocycles. The number of piperazine rings is 1. The predicted molar refractivity (Wildman–Crippen MR) is 164 cm³/mol. The summed E-state index contributed by atoms with van der Waals surface area (Å²) in [6, 6.07) is 1.84. The Morgan fingerprint density at radius 2 is 1.85 bits per heavy atom. The molecule has 4 aliphatic heterocycles. The lowest BCUT2D eigenvalue weighted by Gasteiger charge is -2.34. The van der Waals surface area contributed by atoms with E-state index in [1.165, 1.54) is 0 Å². The van der Waals surface area contributed by atoms with Crippen molar-refractivity contribution in [2.75, 3.05) is 43.4 Å². The Labute approximate surface area is 267 Å². The first-order valence-electron chi connectivity index (χ1n) is 15.5. The molecule has 4 saturated heterocycles. The second-order valence-corrected chi connectivity index (χ2v) is 14.0. The third-order valence-corrected chi connectivity index (χ3v) is 10.8. The van der Waals surface area contributed by atoms with E-state index in [2.05, 4.69) is 20.3 Å². The molecule has 0 radical (unpaired) electrons. The maximum atomic E-state index is 17.0. The summed E-state index contributed by atoms with van der Waals surface area (Å²) in [4.78, 5) is 30.9. The normalized spacial score (nSPS) is 26.2. The largest absolute Gasteiger partial charge is 0.461 e. The number of nitrogens with zero attached hydrogens (tertiary/aromatic N) is 6. The average Bonchev–Trinajstić information content (AvgIpc) is 3.76. The fraction of sp³-hybridized carbons (Fsp3) is 0.533. The number of benzene rings is 1. The van der Waals surface area contributed by atoms with Gasteiger partial charge < -0.3 is 20.7 Å². The van der Waals surface area contributed by atoms with Crippen LogP contribution < -0.4 is 26.2 Å². The molecule has 4 aromatic rings. The van der Waals surface area contributed by atoms with Gasteiger partial charge in [-0.3, -0.25) is 14.3 Å². The van der Waals surface area contributed by atoms with Crippen molar-refractivity contribution in [2.24, 2.45) is 0 Å². The molecule has 4 fully saturated rings. The van der Waals surface area contributed by atoms with Crippen molar-refractivity contribution in [3.63, 3.8) is 0 Å². The van der Waals surface area contributed by atoms with E-state index in [4.69, 9.17) is 10.5 Å². The number of ether oxygens (including phenoxy) is 1. The molecule has 2 bridgehead atoms. The number of fused-ring (bicyclic) bond motifs is 5. The number of thiazole rings is 1. The van der Waals surface area contributed by atoms with Crippen molar-refractivity contribution in [3.05, 3.63) is 34.1 Å². The first-order valence-corrected chi connectivity index (χ1v) is 16.3. The Hall–Kier alpha value is -3.70. The van der Waals surface area contributed by atoms with E-state index in [1.807, 2.05) is 4.90 Å². The molecule has 0 amide bonds. The highest BCUT2D eigenvalue weighted by Crippen LogP contribution is 2.42. The fourth-order valence-corrected chi connectivity index (χ4v) is 8.70. The molecule has 2 unspecified atom stereocenters. The van der Waals surface area contributed by atoms with Crippen LogP contribution >= 0.6 is 11.3 Å². The molecule has 8 rings (SSSR count). The van der Waals surface area contributed by atoms with Crippen LogP contribution in [0.4, 0.5) is 37.3 Å². The maximum Gasteiger partial charge on any atom is 0.406 e. The molecule has 0 saturated carbocycles. The summed E-state index contributed by atoms with van der Waals surface area (Å²) in [7, 11) is 0. The minimum Gasteiger partial charge on any atom is -0.461 e.